The lowest BCUT2D eigenvalue weighted by Crippen LogP contribution is -2.30. The molecule has 1 aromatic rings. The maximum Gasteiger partial charge on any atom is 0.337 e. The van der Waals surface area contributed by atoms with Crippen LogP contribution in [0, 0.1) is 0 Å². The van der Waals surface area contributed by atoms with Crippen molar-refractivity contribution in [3.05, 3.63) is 35.4 Å². The van der Waals surface area contributed by atoms with Crippen LogP contribution in [0.5, 0.6) is 0 Å². The van der Waals surface area contributed by atoms with E-state index < -0.39 is 12.4 Å². The average Bonchev–Trinajstić information content (AvgIpc) is 2.46. The van der Waals surface area contributed by atoms with Gasteiger partial charge in [0.05, 0.1) is 12.7 Å². The summed E-state index contributed by atoms with van der Waals surface area (Å²) in [6.07, 6.45) is -0.111. The van der Waals surface area contributed by atoms with Crippen LogP contribution in [0.2, 0.25) is 0 Å². The third kappa shape index (κ3) is 4.63. The molecule has 0 unspecified atom stereocenters. The van der Waals surface area contributed by atoms with E-state index in [2.05, 4.69) is 4.74 Å². The van der Waals surface area contributed by atoms with Crippen LogP contribution in [0.25, 0.3) is 0 Å². The highest BCUT2D eigenvalue weighted by Crippen LogP contribution is 2.11. The van der Waals surface area contributed by atoms with Crippen LogP contribution in [0.15, 0.2) is 24.3 Å². The van der Waals surface area contributed by atoms with Gasteiger partial charge in [-0.15, -0.1) is 0 Å². The average molecular weight is 268 g/mol. The second-order valence-electron chi connectivity index (χ2n) is 4.13. The lowest BCUT2D eigenvalue weighted by atomic mass is 10.0. The molecule has 1 rings (SSSR count). The molecule has 0 saturated heterocycles. The Balaban J connectivity index is 2.52. The van der Waals surface area contributed by atoms with E-state index in [9.17, 15) is 9.90 Å². The number of aliphatic hydroxyl groups is 1. The summed E-state index contributed by atoms with van der Waals surface area (Å²) in [7, 11) is 4.33. The van der Waals surface area contributed by atoms with Crippen LogP contribution in [0.3, 0.4) is 0 Å². The van der Waals surface area contributed by atoms with Crippen LogP contribution in [0.4, 0.5) is 0 Å². The summed E-state index contributed by atoms with van der Waals surface area (Å²) in [5.74, 6) is -0.356. The van der Waals surface area contributed by atoms with Gasteiger partial charge in [0.1, 0.15) is 6.10 Å². The number of carbonyl (C=O) groups is 1. The van der Waals surface area contributed by atoms with Crippen molar-refractivity contribution in [1.82, 2.24) is 0 Å². The van der Waals surface area contributed by atoms with E-state index in [0.29, 0.717) is 18.4 Å². The molecular weight excluding hydrogens is 248 g/mol. The molecule has 1 atom stereocenters. The third-order valence-electron chi connectivity index (χ3n) is 2.88. The van der Waals surface area contributed by atoms with E-state index in [0.717, 1.165) is 5.56 Å². The first-order chi connectivity index (χ1) is 9.12. The maximum atomic E-state index is 11.3. The van der Waals surface area contributed by atoms with Gasteiger partial charge in [-0.2, -0.15) is 0 Å². The number of hydrogen-bond acceptors (Lipinski definition) is 5. The molecule has 0 fully saturated rings. The lowest BCUT2D eigenvalue weighted by molar-refractivity contribution is -0.165. The number of aryl methyl sites for hydroxylation is 1. The molecule has 0 aliphatic heterocycles. The quantitative estimate of drug-likeness (QED) is 0.598. The Kier molecular flexibility index (Phi) is 6.49. The van der Waals surface area contributed by atoms with Gasteiger partial charge in [-0.05, 0) is 30.5 Å². The molecule has 0 radical (unpaired) electrons. The number of esters is 1. The highest BCUT2D eigenvalue weighted by molar-refractivity contribution is 5.89. The summed E-state index contributed by atoms with van der Waals surface area (Å²) in [5, 5.41) is 9.83. The summed E-state index contributed by atoms with van der Waals surface area (Å²) in [4.78, 5) is 11.3. The fourth-order valence-corrected chi connectivity index (χ4v) is 1.79. The van der Waals surface area contributed by atoms with Crippen molar-refractivity contribution in [2.75, 3.05) is 21.3 Å². The normalized spacial score (nSPS) is 12.5. The van der Waals surface area contributed by atoms with E-state index in [1.165, 1.54) is 21.3 Å². The van der Waals surface area contributed by atoms with Crippen LogP contribution in [-0.2, 0) is 20.6 Å². The van der Waals surface area contributed by atoms with E-state index in [1.54, 1.807) is 12.1 Å². The Bertz CT molecular complexity index is 383. The molecule has 5 heteroatoms. The fourth-order valence-electron chi connectivity index (χ4n) is 1.79. The SMILES string of the molecule is COC(=O)c1ccc(CC[C@@H](O)C(OC)OC)cc1. The molecule has 0 heterocycles. The number of methoxy groups -OCH3 is 3. The van der Waals surface area contributed by atoms with E-state index >= 15 is 0 Å². The van der Waals surface area contributed by atoms with Gasteiger partial charge in [-0.25, -0.2) is 4.79 Å². The molecule has 19 heavy (non-hydrogen) atoms. The Morgan fingerprint density at radius 3 is 2.21 bits per heavy atom. The van der Waals surface area contributed by atoms with Crippen molar-refractivity contribution >= 4 is 5.97 Å². The van der Waals surface area contributed by atoms with Crippen molar-refractivity contribution in [2.24, 2.45) is 0 Å². The second kappa shape index (κ2) is 7.89. The van der Waals surface area contributed by atoms with Gasteiger partial charge in [-0.1, -0.05) is 12.1 Å². The molecule has 0 aliphatic rings. The Labute approximate surface area is 113 Å². The van der Waals surface area contributed by atoms with Gasteiger partial charge >= 0.3 is 5.97 Å². The first-order valence-electron chi connectivity index (χ1n) is 6.03. The van der Waals surface area contributed by atoms with Crippen LogP contribution < -0.4 is 0 Å². The minimum absolute atomic E-state index is 0.356. The zero-order valence-electron chi connectivity index (χ0n) is 11.5. The number of benzene rings is 1. The molecular formula is C14H20O5. The Morgan fingerprint density at radius 2 is 1.74 bits per heavy atom. The van der Waals surface area contributed by atoms with E-state index in [4.69, 9.17) is 9.47 Å². The molecule has 106 valence electrons. The molecule has 0 saturated carbocycles. The van der Waals surface area contributed by atoms with Crippen LogP contribution in [-0.4, -0.2) is 44.8 Å². The summed E-state index contributed by atoms with van der Waals surface area (Å²) in [5.41, 5.74) is 1.54. The fraction of sp³-hybridized carbons (Fsp3) is 0.500. The Morgan fingerprint density at radius 1 is 1.16 bits per heavy atom. The van der Waals surface area contributed by atoms with E-state index in [1.807, 2.05) is 12.1 Å². The minimum Gasteiger partial charge on any atom is -0.465 e. The molecule has 0 aromatic heterocycles. The first-order valence-corrected chi connectivity index (χ1v) is 6.03. The summed E-state index contributed by atoms with van der Waals surface area (Å²) in [6, 6.07) is 7.09. The lowest BCUT2D eigenvalue weighted by Gasteiger charge is -2.19. The molecule has 0 aliphatic carbocycles. The number of aliphatic hydroxyl groups excluding tert-OH is 1. The number of hydrogen-bond donors (Lipinski definition) is 1. The Hall–Kier alpha value is -1.43. The zero-order valence-corrected chi connectivity index (χ0v) is 11.5. The topological polar surface area (TPSA) is 65.0 Å². The van der Waals surface area contributed by atoms with Gasteiger partial charge in [0.15, 0.2) is 6.29 Å². The van der Waals surface area contributed by atoms with Gasteiger partial charge in [0, 0.05) is 14.2 Å². The van der Waals surface area contributed by atoms with Crippen molar-refractivity contribution in [2.45, 2.75) is 25.2 Å². The number of carbonyl (C=O) groups excluding carboxylic acids is 1. The summed E-state index contributed by atoms with van der Waals surface area (Å²) >= 11 is 0. The molecule has 0 bridgehead atoms. The van der Waals surface area contributed by atoms with E-state index in [-0.39, 0.29) is 5.97 Å². The predicted octanol–water partition coefficient (Wildman–Crippen LogP) is 1.39. The van der Waals surface area contributed by atoms with Crippen molar-refractivity contribution in [3.8, 4) is 0 Å². The van der Waals surface area contributed by atoms with Crippen molar-refractivity contribution in [1.29, 1.82) is 0 Å². The standard InChI is InChI=1S/C14H20O5/c1-17-13(16)11-7-4-10(5-8-11)6-9-12(15)14(18-2)19-3/h4-5,7-8,12,14-15H,6,9H2,1-3H3/t12-/m1/s1. The first kappa shape index (κ1) is 15.6. The smallest absolute Gasteiger partial charge is 0.337 e. The third-order valence-corrected chi connectivity index (χ3v) is 2.88. The van der Waals surface area contributed by atoms with Gasteiger partial charge in [0.25, 0.3) is 0 Å². The molecule has 1 N–H and O–H groups in total. The van der Waals surface area contributed by atoms with Gasteiger partial charge < -0.3 is 19.3 Å². The summed E-state index contributed by atoms with van der Waals surface area (Å²) in [6.45, 7) is 0. The maximum absolute atomic E-state index is 11.3. The van der Waals surface area contributed by atoms with Crippen LogP contribution in [0.1, 0.15) is 22.3 Å². The minimum atomic E-state index is -0.685. The van der Waals surface area contributed by atoms with Crippen molar-refractivity contribution < 1.29 is 24.1 Å². The zero-order chi connectivity index (χ0) is 14.3. The highest BCUT2D eigenvalue weighted by atomic mass is 16.7. The predicted molar refractivity (Wildman–Crippen MR) is 69.9 cm³/mol. The monoisotopic (exact) mass is 268 g/mol. The van der Waals surface area contributed by atoms with Crippen LogP contribution >= 0.6 is 0 Å². The van der Waals surface area contributed by atoms with Gasteiger partial charge in [0.2, 0.25) is 0 Å². The molecule has 1 aromatic carbocycles. The largest absolute Gasteiger partial charge is 0.465 e. The highest BCUT2D eigenvalue weighted by Gasteiger charge is 2.17. The summed E-state index contributed by atoms with van der Waals surface area (Å²) < 4.78 is 14.6. The molecule has 0 spiro atoms. The molecule has 0 amide bonds. The van der Waals surface area contributed by atoms with Crippen molar-refractivity contribution in [3.63, 3.8) is 0 Å². The molecule has 5 nitrogen and oxygen atoms in total. The number of rotatable bonds is 7. The second-order valence-corrected chi connectivity index (χ2v) is 4.13. The number of ether oxygens (including phenoxy) is 3. The van der Waals surface area contributed by atoms with Gasteiger partial charge in [-0.3, -0.25) is 0 Å².